The van der Waals surface area contributed by atoms with E-state index in [9.17, 15) is 19.5 Å². The third-order valence-corrected chi connectivity index (χ3v) is 5.43. The fourth-order valence-electron chi connectivity index (χ4n) is 2.03. The van der Waals surface area contributed by atoms with Gasteiger partial charge in [-0.2, -0.15) is 0 Å². The Morgan fingerprint density at radius 3 is 2.42 bits per heavy atom. The van der Waals surface area contributed by atoms with Crippen LogP contribution in [0.3, 0.4) is 0 Å². The van der Waals surface area contributed by atoms with E-state index in [0.717, 1.165) is 0 Å². The summed E-state index contributed by atoms with van der Waals surface area (Å²) in [4.78, 5) is 21.3. The third kappa shape index (κ3) is 4.26. The van der Waals surface area contributed by atoms with Crippen molar-refractivity contribution in [3.05, 3.63) is 10.1 Å². The lowest BCUT2D eigenvalue weighted by Gasteiger charge is -2.26. The van der Waals surface area contributed by atoms with Gasteiger partial charge in [0, 0.05) is 10.8 Å². The van der Waals surface area contributed by atoms with Gasteiger partial charge < -0.3 is 13.8 Å². The Kier molecular flexibility index (Phi) is 5.90. The van der Waals surface area contributed by atoms with Gasteiger partial charge in [0.1, 0.15) is 5.66 Å². The lowest BCUT2D eigenvalue weighted by Crippen LogP contribution is -2.31. The molecule has 2 unspecified atom stereocenters. The number of cyclic esters (lactones) is 1. The molecule has 8 nitrogen and oxygen atoms in total. The molecule has 0 saturated carbocycles. The SMILES string of the molecule is CCOP(=O)(OCC)C(C[N+](=O)[O-])C1COC(=O)C1. The summed E-state index contributed by atoms with van der Waals surface area (Å²) in [5.74, 6) is -0.959. The lowest BCUT2D eigenvalue weighted by atomic mass is 10.0. The van der Waals surface area contributed by atoms with E-state index in [1.807, 2.05) is 0 Å². The molecule has 1 aliphatic rings. The second-order valence-corrected chi connectivity index (χ2v) is 6.36. The zero-order valence-corrected chi connectivity index (χ0v) is 11.8. The third-order valence-electron chi connectivity index (χ3n) is 2.79. The molecular weight excluding hydrogens is 277 g/mol. The summed E-state index contributed by atoms with van der Waals surface area (Å²) in [6.07, 6.45) is 0.00262. The summed E-state index contributed by atoms with van der Waals surface area (Å²) < 4.78 is 27.7. The van der Waals surface area contributed by atoms with Gasteiger partial charge in [0.25, 0.3) is 0 Å². The number of carbonyl (C=O) groups is 1. The van der Waals surface area contributed by atoms with E-state index in [2.05, 4.69) is 0 Å². The molecule has 110 valence electrons. The molecule has 0 N–H and O–H groups in total. The van der Waals surface area contributed by atoms with Crippen molar-refractivity contribution in [1.82, 2.24) is 0 Å². The molecule has 0 aliphatic carbocycles. The first-order chi connectivity index (χ1) is 8.92. The van der Waals surface area contributed by atoms with Gasteiger partial charge in [-0.3, -0.25) is 19.5 Å². The minimum atomic E-state index is -3.63. The van der Waals surface area contributed by atoms with Crippen LogP contribution in [0.1, 0.15) is 20.3 Å². The van der Waals surface area contributed by atoms with Crippen LogP contribution in [0.5, 0.6) is 0 Å². The van der Waals surface area contributed by atoms with E-state index in [0.29, 0.717) is 0 Å². The Labute approximate surface area is 111 Å². The van der Waals surface area contributed by atoms with Gasteiger partial charge in [0.15, 0.2) is 0 Å². The average Bonchev–Trinajstić information content (AvgIpc) is 2.73. The molecule has 0 bridgehead atoms. The minimum Gasteiger partial charge on any atom is -0.465 e. The molecule has 1 aliphatic heterocycles. The molecule has 0 aromatic rings. The number of nitrogens with zero attached hydrogens (tertiary/aromatic N) is 1. The summed E-state index contributed by atoms with van der Waals surface area (Å²) in [6, 6.07) is 0. The van der Waals surface area contributed by atoms with Crippen molar-refractivity contribution in [2.45, 2.75) is 25.9 Å². The van der Waals surface area contributed by atoms with Gasteiger partial charge in [0.05, 0.1) is 26.2 Å². The molecule has 0 spiro atoms. The highest BCUT2D eigenvalue weighted by atomic mass is 31.2. The number of rotatable bonds is 8. The zero-order chi connectivity index (χ0) is 14.5. The topological polar surface area (TPSA) is 105 Å². The van der Waals surface area contributed by atoms with Crippen molar-refractivity contribution in [2.24, 2.45) is 5.92 Å². The smallest absolute Gasteiger partial charge is 0.340 e. The van der Waals surface area contributed by atoms with E-state index < -0.39 is 36.6 Å². The highest BCUT2D eigenvalue weighted by Gasteiger charge is 2.47. The normalized spacial score (nSPS) is 21.2. The van der Waals surface area contributed by atoms with Crippen LogP contribution in [0.25, 0.3) is 0 Å². The summed E-state index contributed by atoms with van der Waals surface area (Å²) in [5, 5.41) is 10.8. The van der Waals surface area contributed by atoms with Crippen molar-refractivity contribution in [3.63, 3.8) is 0 Å². The summed E-state index contributed by atoms with van der Waals surface area (Å²) in [6.45, 7) is 2.94. The number of ether oxygens (including phenoxy) is 1. The maximum Gasteiger partial charge on any atom is 0.340 e. The fourth-order valence-corrected chi connectivity index (χ4v) is 4.25. The zero-order valence-electron chi connectivity index (χ0n) is 10.9. The molecule has 0 aromatic heterocycles. The molecule has 1 rings (SSSR count). The first kappa shape index (κ1) is 16.1. The lowest BCUT2D eigenvalue weighted by molar-refractivity contribution is -0.480. The van der Waals surface area contributed by atoms with Crippen LogP contribution < -0.4 is 0 Å². The summed E-state index contributed by atoms with van der Waals surface area (Å²) in [7, 11) is -3.63. The minimum absolute atomic E-state index is 0.00262. The van der Waals surface area contributed by atoms with Crippen LogP contribution in [-0.2, 0) is 23.1 Å². The molecule has 0 amide bonds. The maximum atomic E-state index is 12.6. The van der Waals surface area contributed by atoms with Crippen molar-refractivity contribution in [2.75, 3.05) is 26.4 Å². The van der Waals surface area contributed by atoms with Crippen LogP contribution >= 0.6 is 7.60 Å². The van der Waals surface area contributed by atoms with Crippen molar-refractivity contribution in [1.29, 1.82) is 0 Å². The van der Waals surface area contributed by atoms with Crippen LogP contribution in [0, 0.1) is 16.0 Å². The fraction of sp³-hybridized carbons (Fsp3) is 0.900. The standard InChI is InChI=1S/C10H18NO7P/c1-3-17-19(15,18-4-2)9(6-11(13)14)8-5-10(12)16-7-8/h8-9H,3-7H2,1-2H3. The summed E-state index contributed by atoms with van der Waals surface area (Å²) in [5.41, 5.74) is -0.964. The second-order valence-electron chi connectivity index (χ2n) is 4.11. The van der Waals surface area contributed by atoms with Crippen LogP contribution in [-0.4, -0.2) is 42.9 Å². The van der Waals surface area contributed by atoms with Gasteiger partial charge in [0.2, 0.25) is 6.54 Å². The Balaban J connectivity index is 2.95. The molecule has 1 heterocycles. The van der Waals surface area contributed by atoms with E-state index in [4.69, 9.17) is 13.8 Å². The quantitative estimate of drug-likeness (QED) is 0.289. The van der Waals surface area contributed by atoms with Crippen molar-refractivity contribution in [3.8, 4) is 0 Å². The molecule has 1 saturated heterocycles. The maximum absolute atomic E-state index is 12.6. The Morgan fingerprint density at radius 2 is 2.05 bits per heavy atom. The molecule has 2 atom stereocenters. The van der Waals surface area contributed by atoms with Crippen molar-refractivity contribution >= 4 is 13.6 Å². The van der Waals surface area contributed by atoms with Crippen LogP contribution in [0.2, 0.25) is 0 Å². The Bertz CT molecular complexity index is 376. The van der Waals surface area contributed by atoms with E-state index in [1.54, 1.807) is 13.8 Å². The Morgan fingerprint density at radius 1 is 1.47 bits per heavy atom. The highest BCUT2D eigenvalue weighted by Crippen LogP contribution is 2.56. The second kappa shape index (κ2) is 6.98. The number of nitro groups is 1. The number of hydrogen-bond donors (Lipinski definition) is 0. The molecule has 19 heavy (non-hydrogen) atoms. The molecule has 9 heteroatoms. The monoisotopic (exact) mass is 295 g/mol. The molecule has 0 aromatic carbocycles. The van der Waals surface area contributed by atoms with Gasteiger partial charge in [-0.25, -0.2) is 0 Å². The van der Waals surface area contributed by atoms with Gasteiger partial charge in [-0.15, -0.1) is 0 Å². The van der Waals surface area contributed by atoms with Crippen LogP contribution in [0.4, 0.5) is 0 Å². The predicted octanol–water partition coefficient (Wildman–Crippen LogP) is 1.46. The van der Waals surface area contributed by atoms with E-state index >= 15 is 0 Å². The van der Waals surface area contributed by atoms with E-state index in [-0.39, 0.29) is 26.2 Å². The van der Waals surface area contributed by atoms with Crippen LogP contribution in [0.15, 0.2) is 0 Å². The predicted molar refractivity (Wildman–Crippen MR) is 65.6 cm³/mol. The summed E-state index contributed by atoms with van der Waals surface area (Å²) >= 11 is 0. The highest BCUT2D eigenvalue weighted by molar-refractivity contribution is 7.54. The first-order valence-electron chi connectivity index (χ1n) is 6.09. The molecule has 1 fully saturated rings. The number of hydrogen-bond acceptors (Lipinski definition) is 7. The number of carbonyl (C=O) groups excluding carboxylic acids is 1. The molecule has 0 radical (unpaired) electrons. The van der Waals surface area contributed by atoms with Gasteiger partial charge in [-0.1, -0.05) is 0 Å². The average molecular weight is 295 g/mol. The van der Waals surface area contributed by atoms with Gasteiger partial charge in [-0.05, 0) is 13.8 Å². The van der Waals surface area contributed by atoms with Gasteiger partial charge >= 0.3 is 13.6 Å². The molecular formula is C10H18NO7P. The number of esters is 1. The van der Waals surface area contributed by atoms with Crippen molar-refractivity contribution < 1.29 is 28.1 Å². The first-order valence-corrected chi connectivity index (χ1v) is 7.70. The van der Waals surface area contributed by atoms with E-state index in [1.165, 1.54) is 0 Å². The largest absolute Gasteiger partial charge is 0.465 e. The Hall–Kier alpha value is -0.980.